The minimum Gasteiger partial charge on any atom is -0.497 e. The van der Waals surface area contributed by atoms with Crippen molar-refractivity contribution in [2.45, 2.75) is 10.9 Å². The van der Waals surface area contributed by atoms with Crippen LogP contribution in [0.2, 0.25) is 0 Å². The van der Waals surface area contributed by atoms with Gasteiger partial charge in [0.15, 0.2) is 11.0 Å². The molecule has 0 amide bonds. The molecule has 0 aliphatic heterocycles. The third kappa shape index (κ3) is 3.93. The number of hydrogen-bond acceptors (Lipinski definition) is 6. The average molecular weight is 458 g/mol. The Morgan fingerprint density at radius 3 is 2.36 bits per heavy atom. The van der Waals surface area contributed by atoms with Gasteiger partial charge in [0, 0.05) is 7.05 Å². The van der Waals surface area contributed by atoms with E-state index in [1.165, 1.54) is 0 Å². The molecular weight excluding hydrogens is 434 g/mol. The van der Waals surface area contributed by atoms with Crippen LogP contribution in [0.15, 0.2) is 78.0 Å². The fourth-order valence-electron chi connectivity index (χ4n) is 3.78. The fourth-order valence-corrected chi connectivity index (χ4v) is 4.72. The van der Waals surface area contributed by atoms with Crippen molar-refractivity contribution in [1.29, 1.82) is 0 Å². The molecule has 2 aromatic heterocycles. The van der Waals surface area contributed by atoms with Gasteiger partial charge in [0.1, 0.15) is 17.3 Å². The molecule has 3 aromatic carbocycles. The summed E-state index contributed by atoms with van der Waals surface area (Å²) in [7, 11) is 5.36. The summed E-state index contributed by atoms with van der Waals surface area (Å²) < 4.78 is 15.1. The molecule has 0 aliphatic carbocycles. The first-order valence-corrected chi connectivity index (χ1v) is 11.4. The van der Waals surface area contributed by atoms with Crippen LogP contribution in [-0.2, 0) is 12.8 Å². The highest BCUT2D eigenvalue weighted by Crippen LogP contribution is 2.34. The first-order valence-electron chi connectivity index (χ1n) is 10.5. The van der Waals surface area contributed by atoms with E-state index < -0.39 is 0 Å². The van der Waals surface area contributed by atoms with Crippen LogP contribution < -0.4 is 9.47 Å². The van der Waals surface area contributed by atoms with Gasteiger partial charge >= 0.3 is 0 Å². The van der Waals surface area contributed by atoms with E-state index in [4.69, 9.17) is 14.5 Å². The van der Waals surface area contributed by atoms with E-state index in [0.717, 1.165) is 44.8 Å². The van der Waals surface area contributed by atoms with Gasteiger partial charge in [-0.25, -0.2) is 4.98 Å². The van der Waals surface area contributed by atoms with E-state index in [1.807, 2.05) is 78.3 Å². The molecule has 0 N–H and O–H groups in total. The molecule has 7 nitrogen and oxygen atoms in total. The van der Waals surface area contributed by atoms with Crippen LogP contribution in [0, 0.1) is 0 Å². The minimum atomic E-state index is 0.658. The van der Waals surface area contributed by atoms with Gasteiger partial charge in [-0.2, -0.15) is 0 Å². The number of thioether (sulfide) groups is 1. The number of aryl methyl sites for hydroxylation is 1. The van der Waals surface area contributed by atoms with Crippen molar-refractivity contribution in [3.05, 3.63) is 78.6 Å². The number of hydrogen-bond donors (Lipinski definition) is 0. The molecule has 0 aliphatic rings. The maximum absolute atomic E-state index is 5.59. The van der Waals surface area contributed by atoms with Crippen molar-refractivity contribution in [2.75, 3.05) is 14.2 Å². The van der Waals surface area contributed by atoms with E-state index in [0.29, 0.717) is 11.6 Å². The molecule has 0 saturated heterocycles. The van der Waals surface area contributed by atoms with Gasteiger partial charge < -0.3 is 14.0 Å². The molecule has 0 saturated carbocycles. The molecular formula is C25H23N5O2S. The Kier molecular flexibility index (Phi) is 5.75. The van der Waals surface area contributed by atoms with E-state index in [2.05, 4.69) is 20.8 Å². The summed E-state index contributed by atoms with van der Waals surface area (Å²) in [5.41, 5.74) is 3.91. The normalized spacial score (nSPS) is 11.1. The van der Waals surface area contributed by atoms with Crippen molar-refractivity contribution in [2.24, 2.45) is 7.05 Å². The minimum absolute atomic E-state index is 0.658. The van der Waals surface area contributed by atoms with Crippen LogP contribution in [0.1, 0.15) is 5.82 Å². The summed E-state index contributed by atoms with van der Waals surface area (Å²) in [5.74, 6) is 3.88. The highest BCUT2D eigenvalue weighted by atomic mass is 32.2. The van der Waals surface area contributed by atoms with Gasteiger partial charge in [-0.15, -0.1) is 10.2 Å². The predicted octanol–water partition coefficient (Wildman–Crippen LogP) is 5.13. The summed E-state index contributed by atoms with van der Waals surface area (Å²) in [4.78, 5) is 4.79. The summed E-state index contributed by atoms with van der Waals surface area (Å²) in [6, 6.07) is 23.8. The Labute approximate surface area is 196 Å². The Balaban J connectivity index is 1.56. The summed E-state index contributed by atoms with van der Waals surface area (Å²) in [5, 5.41) is 9.85. The predicted molar refractivity (Wildman–Crippen MR) is 130 cm³/mol. The second-order valence-electron chi connectivity index (χ2n) is 7.40. The molecule has 0 unspecified atom stereocenters. The van der Waals surface area contributed by atoms with E-state index in [1.54, 1.807) is 26.0 Å². The van der Waals surface area contributed by atoms with Gasteiger partial charge in [-0.05, 0) is 48.5 Å². The first-order chi connectivity index (χ1) is 16.2. The first kappa shape index (κ1) is 21.1. The highest BCUT2D eigenvalue weighted by molar-refractivity contribution is 7.98. The molecule has 0 bridgehead atoms. The third-order valence-electron chi connectivity index (χ3n) is 5.52. The zero-order valence-corrected chi connectivity index (χ0v) is 19.4. The molecule has 33 heavy (non-hydrogen) atoms. The van der Waals surface area contributed by atoms with Crippen LogP contribution >= 0.6 is 11.8 Å². The zero-order valence-electron chi connectivity index (χ0n) is 18.6. The number of ether oxygens (including phenoxy) is 2. The Hall–Kier alpha value is -3.78. The topological polar surface area (TPSA) is 67.0 Å². The summed E-state index contributed by atoms with van der Waals surface area (Å²) in [6.07, 6.45) is 0. The number of para-hydroxylation sites is 3. The quantitative estimate of drug-likeness (QED) is 0.316. The van der Waals surface area contributed by atoms with Crippen LogP contribution in [0.5, 0.6) is 11.5 Å². The molecule has 5 aromatic rings. The lowest BCUT2D eigenvalue weighted by molar-refractivity contribution is 0.414. The number of nitrogens with zero attached hydrogens (tertiary/aromatic N) is 5. The monoisotopic (exact) mass is 457 g/mol. The molecule has 5 rings (SSSR count). The Bertz CT molecular complexity index is 1410. The van der Waals surface area contributed by atoms with Crippen LogP contribution in [0.25, 0.3) is 28.1 Å². The van der Waals surface area contributed by atoms with Crippen molar-refractivity contribution >= 4 is 22.8 Å². The SMILES string of the molecule is COc1ccc(-n2c(SCc3nc4ccccc4n3C)nnc2-c2ccccc2OC)cc1. The van der Waals surface area contributed by atoms with Gasteiger partial charge in [0.25, 0.3) is 0 Å². The number of rotatable bonds is 7. The summed E-state index contributed by atoms with van der Waals surface area (Å²) >= 11 is 1.60. The molecule has 0 atom stereocenters. The largest absolute Gasteiger partial charge is 0.497 e. The van der Waals surface area contributed by atoms with Crippen LogP contribution in [0.4, 0.5) is 0 Å². The van der Waals surface area contributed by atoms with Gasteiger partial charge in [-0.1, -0.05) is 36.0 Å². The number of fused-ring (bicyclic) bond motifs is 1. The molecule has 8 heteroatoms. The summed E-state index contributed by atoms with van der Waals surface area (Å²) in [6.45, 7) is 0. The molecule has 166 valence electrons. The van der Waals surface area contributed by atoms with Gasteiger partial charge in [0.2, 0.25) is 0 Å². The lowest BCUT2D eigenvalue weighted by atomic mass is 10.2. The maximum Gasteiger partial charge on any atom is 0.196 e. The molecule has 0 spiro atoms. The smallest absolute Gasteiger partial charge is 0.196 e. The number of benzene rings is 3. The molecule has 2 heterocycles. The lowest BCUT2D eigenvalue weighted by Gasteiger charge is -2.13. The second kappa shape index (κ2) is 8.99. The average Bonchev–Trinajstić information content (AvgIpc) is 3.43. The molecule has 0 fully saturated rings. The molecule has 0 radical (unpaired) electrons. The van der Waals surface area contributed by atoms with Crippen LogP contribution in [-0.4, -0.2) is 38.5 Å². The van der Waals surface area contributed by atoms with E-state index in [-0.39, 0.29) is 0 Å². The number of aromatic nitrogens is 5. The maximum atomic E-state index is 5.59. The van der Waals surface area contributed by atoms with Gasteiger partial charge in [0.05, 0.1) is 42.3 Å². The van der Waals surface area contributed by atoms with Crippen molar-refractivity contribution in [3.8, 4) is 28.6 Å². The third-order valence-corrected chi connectivity index (χ3v) is 6.45. The lowest BCUT2D eigenvalue weighted by Crippen LogP contribution is -2.02. The Morgan fingerprint density at radius 1 is 0.848 bits per heavy atom. The van der Waals surface area contributed by atoms with Crippen molar-refractivity contribution in [1.82, 2.24) is 24.3 Å². The van der Waals surface area contributed by atoms with Crippen molar-refractivity contribution < 1.29 is 9.47 Å². The van der Waals surface area contributed by atoms with Crippen LogP contribution in [0.3, 0.4) is 0 Å². The van der Waals surface area contributed by atoms with Gasteiger partial charge in [-0.3, -0.25) is 4.57 Å². The number of methoxy groups -OCH3 is 2. The zero-order chi connectivity index (χ0) is 22.8. The highest BCUT2D eigenvalue weighted by Gasteiger charge is 2.20. The number of imidazole rings is 1. The fraction of sp³-hybridized carbons (Fsp3) is 0.160. The standard InChI is InChI=1S/C25H23N5O2S/c1-29-21-10-6-5-9-20(21)26-23(29)16-33-25-28-27-24(19-8-4-7-11-22(19)32-3)30(25)17-12-14-18(31-2)15-13-17/h4-15H,16H2,1-3H3. The van der Waals surface area contributed by atoms with E-state index >= 15 is 0 Å². The van der Waals surface area contributed by atoms with Crippen molar-refractivity contribution in [3.63, 3.8) is 0 Å². The van der Waals surface area contributed by atoms with E-state index in [9.17, 15) is 0 Å². The Morgan fingerprint density at radius 2 is 1.61 bits per heavy atom. The second-order valence-corrected chi connectivity index (χ2v) is 8.35.